The molecule has 0 radical (unpaired) electrons. The van der Waals surface area contributed by atoms with E-state index in [1.807, 2.05) is 6.07 Å². The Balaban J connectivity index is 4.30. The largest absolute Gasteiger partial charge is 0.464 e. The summed E-state index contributed by atoms with van der Waals surface area (Å²) in [6.07, 6.45) is 0.336. The van der Waals surface area contributed by atoms with Crippen LogP contribution in [0.1, 0.15) is 26.7 Å². The Morgan fingerprint density at radius 2 is 2.17 bits per heavy atom. The van der Waals surface area contributed by atoms with Gasteiger partial charge < -0.3 is 9.84 Å². The number of unbranched alkanes of at least 4 members (excludes halogenated alkanes) is 1. The lowest BCUT2D eigenvalue weighted by Crippen LogP contribution is -2.47. The Morgan fingerprint density at radius 3 is 2.67 bits per heavy atom. The summed E-state index contributed by atoms with van der Waals surface area (Å²) in [5, 5.41) is 18.0. The van der Waals surface area contributed by atoms with Crippen LogP contribution in [0.2, 0.25) is 0 Å². The number of hydrogen-bond donors (Lipinski definition) is 2. The first-order valence-electron chi connectivity index (χ1n) is 5.49. The topological polar surface area (TPSA) is 116 Å². The minimum Gasteiger partial charge on any atom is -0.464 e. The highest BCUT2D eigenvalue weighted by Crippen LogP contribution is 2.06. The second-order valence-corrected chi connectivity index (χ2v) is 5.82. The van der Waals surface area contributed by atoms with E-state index in [9.17, 15) is 18.3 Å². The van der Waals surface area contributed by atoms with Gasteiger partial charge in [-0.15, -0.1) is 0 Å². The number of carbonyl (C=O) groups excluding carboxylic acids is 1. The summed E-state index contributed by atoms with van der Waals surface area (Å²) >= 11 is 0. The van der Waals surface area contributed by atoms with Gasteiger partial charge in [0.05, 0.1) is 18.4 Å². The summed E-state index contributed by atoms with van der Waals surface area (Å²) in [7, 11) is -3.60. The molecule has 104 valence electrons. The zero-order valence-corrected chi connectivity index (χ0v) is 11.3. The van der Waals surface area contributed by atoms with Crippen molar-refractivity contribution in [3.63, 3.8) is 0 Å². The van der Waals surface area contributed by atoms with Crippen LogP contribution in [0, 0.1) is 11.3 Å². The maximum Gasteiger partial charge on any atom is 0.339 e. The number of esters is 1. The predicted molar refractivity (Wildman–Crippen MR) is 63.9 cm³/mol. The highest BCUT2D eigenvalue weighted by molar-refractivity contribution is 7.89. The number of carbonyl (C=O) groups is 1. The number of sulfonamides is 1. The van der Waals surface area contributed by atoms with Crippen LogP contribution >= 0.6 is 0 Å². The SMILES string of the molecule is CCOC(=O)[C@](C)(O)CNS(=O)(=O)CCCC#N. The highest BCUT2D eigenvalue weighted by Gasteiger charge is 2.33. The van der Waals surface area contributed by atoms with E-state index in [1.54, 1.807) is 6.92 Å². The van der Waals surface area contributed by atoms with Gasteiger partial charge in [0.2, 0.25) is 10.0 Å². The van der Waals surface area contributed by atoms with E-state index in [0.29, 0.717) is 0 Å². The summed E-state index contributed by atoms with van der Waals surface area (Å²) in [5.41, 5.74) is -1.90. The smallest absolute Gasteiger partial charge is 0.339 e. The Kier molecular flexibility index (Phi) is 6.83. The van der Waals surface area contributed by atoms with Gasteiger partial charge in [-0.1, -0.05) is 0 Å². The predicted octanol–water partition coefficient (Wildman–Crippen LogP) is -0.476. The van der Waals surface area contributed by atoms with Crippen LogP contribution in [0.25, 0.3) is 0 Å². The van der Waals surface area contributed by atoms with Gasteiger partial charge in [0, 0.05) is 13.0 Å². The van der Waals surface area contributed by atoms with E-state index >= 15 is 0 Å². The van der Waals surface area contributed by atoms with Crippen LogP contribution in [-0.2, 0) is 19.6 Å². The minimum absolute atomic E-state index is 0.101. The number of rotatable bonds is 8. The summed E-state index contributed by atoms with van der Waals surface area (Å²) < 4.78 is 29.6. The van der Waals surface area contributed by atoms with Gasteiger partial charge >= 0.3 is 5.97 Å². The standard InChI is InChI=1S/C10H18N2O5S/c1-3-17-9(13)10(2,14)8-12-18(15,16)7-5-4-6-11/h12,14H,3-5,7-8H2,1-2H3/t10-/m1/s1. The molecular weight excluding hydrogens is 260 g/mol. The molecule has 0 aliphatic carbocycles. The molecule has 0 rings (SSSR count). The first kappa shape index (κ1) is 16.8. The Labute approximate surface area is 107 Å². The van der Waals surface area contributed by atoms with Crippen LogP contribution in [0.3, 0.4) is 0 Å². The molecule has 0 aliphatic heterocycles. The van der Waals surface area contributed by atoms with Crippen molar-refractivity contribution in [2.24, 2.45) is 0 Å². The van der Waals surface area contributed by atoms with Crippen LogP contribution in [0.15, 0.2) is 0 Å². The van der Waals surface area contributed by atoms with Crippen LogP contribution < -0.4 is 4.72 Å². The third kappa shape index (κ3) is 6.54. The first-order chi connectivity index (χ1) is 8.25. The second kappa shape index (κ2) is 7.31. The Hall–Kier alpha value is -1.17. The van der Waals surface area contributed by atoms with E-state index in [0.717, 1.165) is 0 Å². The Morgan fingerprint density at radius 1 is 1.56 bits per heavy atom. The van der Waals surface area contributed by atoms with Gasteiger partial charge in [-0.3, -0.25) is 0 Å². The van der Waals surface area contributed by atoms with E-state index in [4.69, 9.17) is 5.26 Å². The van der Waals surface area contributed by atoms with Crippen molar-refractivity contribution in [2.45, 2.75) is 32.3 Å². The van der Waals surface area contributed by atoms with E-state index in [2.05, 4.69) is 9.46 Å². The highest BCUT2D eigenvalue weighted by atomic mass is 32.2. The molecule has 0 aromatic carbocycles. The number of aliphatic hydroxyl groups is 1. The van der Waals surface area contributed by atoms with Crippen LogP contribution in [0.4, 0.5) is 0 Å². The summed E-state index contributed by atoms with van der Waals surface area (Å²) in [4.78, 5) is 11.3. The maximum atomic E-state index is 11.4. The number of nitrogens with one attached hydrogen (secondary N) is 1. The van der Waals surface area contributed by atoms with Crippen molar-refractivity contribution in [3.8, 4) is 6.07 Å². The lowest BCUT2D eigenvalue weighted by Gasteiger charge is -2.21. The third-order valence-corrected chi connectivity index (χ3v) is 3.46. The molecule has 1 atom stereocenters. The molecule has 0 bridgehead atoms. The molecule has 0 aliphatic rings. The molecule has 18 heavy (non-hydrogen) atoms. The molecule has 0 unspecified atom stereocenters. The molecule has 2 N–H and O–H groups in total. The normalized spacial score (nSPS) is 14.6. The number of hydrogen-bond acceptors (Lipinski definition) is 6. The van der Waals surface area contributed by atoms with Crippen molar-refractivity contribution in [1.82, 2.24) is 4.72 Å². The fourth-order valence-corrected chi connectivity index (χ4v) is 2.19. The zero-order valence-electron chi connectivity index (χ0n) is 10.5. The molecule has 8 heteroatoms. The molecule has 7 nitrogen and oxygen atoms in total. The number of nitriles is 1. The third-order valence-electron chi connectivity index (χ3n) is 2.05. The van der Waals surface area contributed by atoms with E-state index in [1.165, 1.54) is 6.92 Å². The van der Waals surface area contributed by atoms with Gasteiger partial charge in [0.15, 0.2) is 5.60 Å². The minimum atomic E-state index is -3.60. The van der Waals surface area contributed by atoms with Gasteiger partial charge in [0.25, 0.3) is 0 Å². The summed E-state index contributed by atoms with van der Waals surface area (Å²) in [6.45, 7) is 2.40. The maximum absolute atomic E-state index is 11.4. The molecule has 0 saturated heterocycles. The molecule has 0 aromatic rings. The zero-order chi connectivity index (χ0) is 14.2. The summed E-state index contributed by atoms with van der Waals surface area (Å²) in [5.74, 6) is -1.11. The summed E-state index contributed by atoms with van der Waals surface area (Å²) in [6, 6.07) is 1.83. The molecule has 0 amide bonds. The van der Waals surface area contributed by atoms with Crippen molar-refractivity contribution >= 4 is 16.0 Å². The monoisotopic (exact) mass is 278 g/mol. The van der Waals surface area contributed by atoms with Crippen molar-refractivity contribution in [3.05, 3.63) is 0 Å². The van der Waals surface area contributed by atoms with Crippen molar-refractivity contribution in [2.75, 3.05) is 18.9 Å². The average molecular weight is 278 g/mol. The number of nitrogens with zero attached hydrogens (tertiary/aromatic N) is 1. The van der Waals surface area contributed by atoms with E-state index < -0.39 is 28.1 Å². The molecule has 0 heterocycles. The van der Waals surface area contributed by atoms with Crippen LogP contribution in [0.5, 0.6) is 0 Å². The van der Waals surface area contributed by atoms with Gasteiger partial charge in [0.1, 0.15) is 0 Å². The van der Waals surface area contributed by atoms with Crippen molar-refractivity contribution < 1.29 is 23.1 Å². The fraction of sp³-hybridized carbons (Fsp3) is 0.800. The fourth-order valence-electron chi connectivity index (χ4n) is 1.02. The lowest BCUT2D eigenvalue weighted by atomic mass is 10.1. The average Bonchev–Trinajstić information content (AvgIpc) is 2.27. The van der Waals surface area contributed by atoms with Gasteiger partial charge in [-0.05, 0) is 20.3 Å². The number of ether oxygens (including phenoxy) is 1. The Bertz CT molecular complexity index is 410. The molecular formula is C10H18N2O5S. The van der Waals surface area contributed by atoms with E-state index in [-0.39, 0.29) is 25.2 Å². The molecule has 0 fully saturated rings. The van der Waals surface area contributed by atoms with Gasteiger partial charge in [-0.25, -0.2) is 17.9 Å². The van der Waals surface area contributed by atoms with Gasteiger partial charge in [-0.2, -0.15) is 5.26 Å². The lowest BCUT2D eigenvalue weighted by molar-refractivity contribution is -0.162. The second-order valence-electron chi connectivity index (χ2n) is 3.90. The van der Waals surface area contributed by atoms with Crippen LogP contribution in [-0.4, -0.2) is 44.0 Å². The van der Waals surface area contributed by atoms with Crippen molar-refractivity contribution in [1.29, 1.82) is 5.26 Å². The molecule has 0 saturated carbocycles. The first-order valence-corrected chi connectivity index (χ1v) is 7.14. The molecule has 0 aromatic heterocycles. The quantitative estimate of drug-likeness (QED) is 0.457. The molecule has 0 spiro atoms.